The molecule has 0 aliphatic carbocycles. The van der Waals surface area contributed by atoms with Gasteiger partial charge in [0.05, 0.1) is 0 Å². The first-order valence-electron chi connectivity index (χ1n) is 10.2. The average molecular weight is 376 g/mol. The number of rotatable bonds is 6. The van der Waals surface area contributed by atoms with Crippen LogP contribution in [0.5, 0.6) is 0 Å². The molecule has 0 atom stereocenters. The predicted octanol–water partition coefficient (Wildman–Crippen LogP) is 3.87. The summed E-state index contributed by atoms with van der Waals surface area (Å²) in [4.78, 5) is 20.3. The van der Waals surface area contributed by atoms with E-state index in [4.69, 9.17) is 0 Å². The first-order valence-corrected chi connectivity index (χ1v) is 10.2. The number of aromatic nitrogens is 1. The molecule has 4 rings (SSSR count). The zero-order valence-electron chi connectivity index (χ0n) is 16.6. The molecular weight excluding hydrogens is 346 g/mol. The van der Waals surface area contributed by atoms with Gasteiger partial charge in [0.2, 0.25) is 0 Å². The van der Waals surface area contributed by atoms with E-state index in [1.807, 2.05) is 24.3 Å². The van der Waals surface area contributed by atoms with E-state index in [1.165, 1.54) is 18.4 Å². The van der Waals surface area contributed by atoms with Crippen LogP contribution < -0.4 is 5.56 Å². The number of pyridine rings is 1. The van der Waals surface area contributed by atoms with Crippen LogP contribution >= 0.6 is 0 Å². The molecule has 0 spiro atoms. The van der Waals surface area contributed by atoms with E-state index < -0.39 is 0 Å². The lowest BCUT2D eigenvalue weighted by molar-refractivity contribution is 0.147. The Labute approximate surface area is 166 Å². The lowest BCUT2D eigenvalue weighted by atomic mass is 9.95. The van der Waals surface area contributed by atoms with Gasteiger partial charge in [-0.2, -0.15) is 0 Å². The minimum atomic E-state index is 0.0448. The second kappa shape index (κ2) is 8.72. The number of aromatic amines is 1. The van der Waals surface area contributed by atoms with Gasteiger partial charge >= 0.3 is 0 Å². The molecule has 146 valence electrons. The quantitative estimate of drug-likeness (QED) is 0.711. The number of para-hydroxylation sites is 1. The summed E-state index contributed by atoms with van der Waals surface area (Å²) in [6.45, 7) is 5.02. The molecule has 0 unspecified atom stereocenters. The van der Waals surface area contributed by atoms with Gasteiger partial charge in [0, 0.05) is 30.7 Å². The summed E-state index contributed by atoms with van der Waals surface area (Å²) >= 11 is 0. The van der Waals surface area contributed by atoms with Crippen LogP contribution in [0.1, 0.15) is 24.0 Å². The van der Waals surface area contributed by atoms with Gasteiger partial charge in [0.1, 0.15) is 0 Å². The van der Waals surface area contributed by atoms with E-state index in [0.717, 1.165) is 55.1 Å². The molecule has 0 amide bonds. The number of fused-ring (bicyclic) bond motifs is 1. The maximum absolute atomic E-state index is 12.4. The largest absolute Gasteiger partial charge is 0.322 e. The molecule has 0 radical (unpaired) electrons. The highest BCUT2D eigenvalue weighted by molar-refractivity contribution is 5.78. The highest BCUT2D eigenvalue weighted by Gasteiger charge is 2.21. The number of nitrogens with one attached hydrogen (secondary N) is 1. The van der Waals surface area contributed by atoms with Gasteiger partial charge in [-0.05, 0) is 62.0 Å². The topological polar surface area (TPSA) is 39.3 Å². The van der Waals surface area contributed by atoms with Gasteiger partial charge < -0.3 is 9.88 Å². The minimum absolute atomic E-state index is 0.0448. The molecule has 28 heavy (non-hydrogen) atoms. The SMILES string of the molecule is CN(Cc1ccccc1)CC1CCN(Cc2cc3ccccc3[nH]c2=O)CC1. The van der Waals surface area contributed by atoms with E-state index >= 15 is 0 Å². The van der Waals surface area contributed by atoms with Crippen molar-refractivity contribution in [1.82, 2.24) is 14.8 Å². The molecule has 4 heteroatoms. The Morgan fingerprint density at radius 2 is 1.75 bits per heavy atom. The van der Waals surface area contributed by atoms with Gasteiger partial charge in [-0.3, -0.25) is 9.69 Å². The Bertz CT molecular complexity index is 958. The van der Waals surface area contributed by atoms with Crippen LogP contribution in [0.4, 0.5) is 0 Å². The van der Waals surface area contributed by atoms with Crippen molar-refractivity contribution in [1.29, 1.82) is 0 Å². The average Bonchev–Trinajstić information content (AvgIpc) is 2.71. The lowest BCUT2D eigenvalue weighted by Gasteiger charge is -2.33. The van der Waals surface area contributed by atoms with E-state index in [2.05, 4.69) is 58.2 Å². The zero-order valence-corrected chi connectivity index (χ0v) is 16.6. The summed E-state index contributed by atoms with van der Waals surface area (Å²) in [6.07, 6.45) is 2.40. The second-order valence-corrected chi connectivity index (χ2v) is 8.11. The molecule has 0 bridgehead atoms. The number of hydrogen-bond donors (Lipinski definition) is 1. The molecule has 0 saturated carbocycles. The minimum Gasteiger partial charge on any atom is -0.322 e. The fraction of sp³-hybridized carbons (Fsp3) is 0.375. The number of nitrogens with zero attached hydrogens (tertiary/aromatic N) is 2. The van der Waals surface area contributed by atoms with Crippen molar-refractivity contribution in [3.63, 3.8) is 0 Å². The van der Waals surface area contributed by atoms with Crippen molar-refractivity contribution in [3.8, 4) is 0 Å². The standard InChI is InChI=1S/C24H29N3O/c1-26(16-19-7-3-2-4-8-19)17-20-11-13-27(14-12-20)18-22-15-21-9-5-6-10-23(21)25-24(22)28/h2-10,15,20H,11-14,16-18H2,1H3,(H,25,28). The highest BCUT2D eigenvalue weighted by Crippen LogP contribution is 2.20. The maximum Gasteiger partial charge on any atom is 0.252 e. The van der Waals surface area contributed by atoms with Crippen LogP contribution in [-0.2, 0) is 13.1 Å². The summed E-state index contributed by atoms with van der Waals surface area (Å²) in [7, 11) is 2.22. The maximum atomic E-state index is 12.4. The third kappa shape index (κ3) is 4.70. The van der Waals surface area contributed by atoms with Crippen LogP contribution in [0.15, 0.2) is 65.5 Å². The Morgan fingerprint density at radius 1 is 1.04 bits per heavy atom. The first-order chi connectivity index (χ1) is 13.7. The van der Waals surface area contributed by atoms with E-state index in [0.29, 0.717) is 0 Å². The van der Waals surface area contributed by atoms with E-state index in [1.54, 1.807) is 0 Å². The van der Waals surface area contributed by atoms with Crippen LogP contribution in [0, 0.1) is 5.92 Å². The van der Waals surface area contributed by atoms with Crippen molar-refractivity contribution < 1.29 is 0 Å². The van der Waals surface area contributed by atoms with Crippen LogP contribution in [0.25, 0.3) is 10.9 Å². The molecule has 1 aliphatic heterocycles. The summed E-state index contributed by atoms with van der Waals surface area (Å²) in [6, 6.07) is 20.7. The molecule has 1 aliphatic rings. The van der Waals surface area contributed by atoms with Crippen molar-refractivity contribution >= 4 is 10.9 Å². The number of piperidine rings is 1. The Kier molecular flexibility index (Phi) is 5.89. The summed E-state index contributed by atoms with van der Waals surface area (Å²) in [5.74, 6) is 0.736. The molecule has 4 nitrogen and oxygen atoms in total. The molecule has 2 aromatic carbocycles. The van der Waals surface area contributed by atoms with Crippen molar-refractivity contribution in [3.05, 3.63) is 82.1 Å². The molecule has 1 N–H and O–H groups in total. The van der Waals surface area contributed by atoms with Crippen molar-refractivity contribution in [2.24, 2.45) is 5.92 Å². The van der Waals surface area contributed by atoms with Gasteiger partial charge in [-0.1, -0.05) is 48.5 Å². The molecule has 1 fully saturated rings. The fourth-order valence-electron chi connectivity index (χ4n) is 4.28. The smallest absolute Gasteiger partial charge is 0.252 e. The van der Waals surface area contributed by atoms with Crippen LogP contribution in [0.3, 0.4) is 0 Å². The van der Waals surface area contributed by atoms with Gasteiger partial charge in [0.25, 0.3) is 5.56 Å². The van der Waals surface area contributed by atoms with Gasteiger partial charge in [-0.15, -0.1) is 0 Å². The summed E-state index contributed by atoms with van der Waals surface area (Å²) in [5.41, 5.74) is 3.20. The number of H-pyrrole nitrogens is 1. The molecular formula is C24H29N3O. The van der Waals surface area contributed by atoms with Crippen LogP contribution in [0.2, 0.25) is 0 Å². The van der Waals surface area contributed by atoms with E-state index in [9.17, 15) is 4.79 Å². The number of hydrogen-bond acceptors (Lipinski definition) is 3. The molecule has 2 heterocycles. The second-order valence-electron chi connectivity index (χ2n) is 8.11. The Balaban J connectivity index is 1.30. The van der Waals surface area contributed by atoms with Crippen molar-refractivity contribution in [2.45, 2.75) is 25.9 Å². The third-order valence-corrected chi connectivity index (χ3v) is 5.80. The highest BCUT2D eigenvalue weighted by atomic mass is 16.1. The fourth-order valence-corrected chi connectivity index (χ4v) is 4.28. The number of benzene rings is 2. The third-order valence-electron chi connectivity index (χ3n) is 5.80. The number of likely N-dealkylation sites (tertiary alicyclic amines) is 1. The monoisotopic (exact) mass is 375 g/mol. The Hall–Kier alpha value is -2.43. The Morgan fingerprint density at radius 3 is 2.54 bits per heavy atom. The first kappa shape index (κ1) is 18.9. The lowest BCUT2D eigenvalue weighted by Crippen LogP contribution is -2.38. The molecule has 1 saturated heterocycles. The van der Waals surface area contributed by atoms with E-state index in [-0.39, 0.29) is 5.56 Å². The predicted molar refractivity (Wildman–Crippen MR) is 115 cm³/mol. The van der Waals surface area contributed by atoms with Gasteiger partial charge in [0.15, 0.2) is 0 Å². The normalized spacial score (nSPS) is 16.1. The molecule has 1 aromatic heterocycles. The van der Waals surface area contributed by atoms with Crippen molar-refractivity contribution in [2.75, 3.05) is 26.7 Å². The van der Waals surface area contributed by atoms with Gasteiger partial charge in [-0.25, -0.2) is 0 Å². The van der Waals surface area contributed by atoms with Crippen LogP contribution in [-0.4, -0.2) is 41.5 Å². The summed E-state index contributed by atoms with van der Waals surface area (Å²) < 4.78 is 0. The molecule has 3 aromatic rings. The summed E-state index contributed by atoms with van der Waals surface area (Å²) in [5, 5.41) is 1.11. The zero-order chi connectivity index (χ0) is 19.3.